The number of rotatable bonds is 6. The third-order valence-electron chi connectivity index (χ3n) is 7.90. The Balaban J connectivity index is 1.19. The first kappa shape index (κ1) is 20.3. The van der Waals surface area contributed by atoms with Crippen LogP contribution in [0.5, 0.6) is 0 Å². The lowest BCUT2D eigenvalue weighted by Crippen LogP contribution is -2.27. The van der Waals surface area contributed by atoms with E-state index in [1.165, 1.54) is 19.3 Å². The molecule has 5 atom stereocenters. The average molecular weight is 440 g/mol. The van der Waals surface area contributed by atoms with Crippen LogP contribution in [0.25, 0.3) is 22.4 Å². The molecule has 0 spiro atoms. The van der Waals surface area contributed by atoms with Crippen LogP contribution in [-0.2, 0) is 11.3 Å². The molecule has 3 saturated carbocycles. The van der Waals surface area contributed by atoms with E-state index in [0.29, 0.717) is 24.3 Å². The summed E-state index contributed by atoms with van der Waals surface area (Å²) in [5.74, 6) is 4.22. The number of carbonyl (C=O) groups is 1. The van der Waals surface area contributed by atoms with Crippen LogP contribution in [0, 0.1) is 29.6 Å². The number of amides is 1. The first-order valence-corrected chi connectivity index (χ1v) is 11.9. The van der Waals surface area contributed by atoms with E-state index in [0.717, 1.165) is 39.8 Å². The number of benzene rings is 1. The third-order valence-corrected chi connectivity index (χ3v) is 7.90. The summed E-state index contributed by atoms with van der Waals surface area (Å²) in [6.45, 7) is 0.578. The normalized spacial score (nSPS) is 26.7. The smallest absolute Gasteiger partial charge is 0.225 e. The lowest BCUT2D eigenvalue weighted by Gasteiger charge is -2.15. The molecule has 3 fully saturated rings. The number of fused-ring (bicyclic) bond motifs is 5. The Labute approximate surface area is 194 Å². The number of aromatic nitrogens is 3. The highest BCUT2D eigenvalue weighted by atomic mass is 16.2. The number of nitrogens with zero attached hydrogens (tertiary/aromatic N) is 4. The minimum Gasteiger partial charge on any atom is -0.352 e. The summed E-state index contributed by atoms with van der Waals surface area (Å²) in [5.41, 5.74) is 5.02. The first-order valence-electron chi connectivity index (χ1n) is 11.9. The minimum atomic E-state index is 0.261. The predicted octanol–water partition coefficient (Wildman–Crippen LogP) is 4.18. The zero-order valence-corrected chi connectivity index (χ0v) is 19.1. The maximum absolute atomic E-state index is 12.8. The number of pyridine rings is 1. The molecular formula is C27H29N5O. The van der Waals surface area contributed by atoms with E-state index in [9.17, 15) is 4.79 Å². The molecule has 3 aliphatic rings. The molecule has 2 aromatic heterocycles. The van der Waals surface area contributed by atoms with Gasteiger partial charge in [0.25, 0.3) is 0 Å². The molecule has 0 aliphatic heterocycles. The quantitative estimate of drug-likeness (QED) is 0.624. The SMILES string of the molecule is CN(C)c1ncc(-c2ccncc2)c(-c2ccc(CNC(=O)C3[C@@H]4[C@H]5CC[C@@H](C5)[C@H]34)cc2)n1. The number of carbonyl (C=O) groups excluding carboxylic acids is 1. The van der Waals surface area contributed by atoms with Crippen LogP contribution in [-0.4, -0.2) is 35.0 Å². The molecule has 1 aromatic carbocycles. The average Bonchev–Trinajstić information content (AvgIpc) is 3.29. The summed E-state index contributed by atoms with van der Waals surface area (Å²) >= 11 is 0. The first-order chi connectivity index (χ1) is 16.1. The number of hydrogen-bond acceptors (Lipinski definition) is 5. The Morgan fingerprint density at radius 2 is 1.70 bits per heavy atom. The fourth-order valence-electron chi connectivity index (χ4n) is 6.31. The van der Waals surface area contributed by atoms with Gasteiger partial charge in [-0.3, -0.25) is 9.78 Å². The molecule has 2 bridgehead atoms. The molecule has 2 heterocycles. The predicted molar refractivity (Wildman–Crippen MR) is 128 cm³/mol. The van der Waals surface area contributed by atoms with Crippen molar-refractivity contribution in [2.75, 3.05) is 19.0 Å². The minimum absolute atomic E-state index is 0.261. The van der Waals surface area contributed by atoms with Gasteiger partial charge in [0.1, 0.15) is 0 Å². The van der Waals surface area contributed by atoms with Crippen molar-refractivity contribution in [1.29, 1.82) is 0 Å². The molecule has 3 aromatic rings. The molecule has 1 N–H and O–H groups in total. The van der Waals surface area contributed by atoms with Crippen molar-refractivity contribution in [1.82, 2.24) is 20.3 Å². The van der Waals surface area contributed by atoms with E-state index in [-0.39, 0.29) is 11.8 Å². The number of nitrogens with one attached hydrogen (secondary N) is 1. The standard InChI is InChI=1S/C27H29N5O/c1-32(2)27-30-15-21(17-9-11-28-12-10-17)25(31-27)18-5-3-16(4-6-18)14-29-26(33)24-22-19-7-8-20(13-19)23(22)24/h3-6,9-12,15,19-20,22-24H,7-8,13-14H2,1-2H3,(H,29,33)/t19-,20-,22-,23+,24?/m0/s1. The maximum atomic E-state index is 12.8. The fourth-order valence-corrected chi connectivity index (χ4v) is 6.31. The van der Waals surface area contributed by atoms with Crippen LogP contribution in [0.3, 0.4) is 0 Å². The van der Waals surface area contributed by atoms with Gasteiger partial charge in [-0.2, -0.15) is 0 Å². The van der Waals surface area contributed by atoms with E-state index < -0.39 is 0 Å². The van der Waals surface area contributed by atoms with E-state index >= 15 is 0 Å². The van der Waals surface area contributed by atoms with Crippen LogP contribution in [0.2, 0.25) is 0 Å². The van der Waals surface area contributed by atoms with Gasteiger partial charge in [0.15, 0.2) is 0 Å². The summed E-state index contributed by atoms with van der Waals surface area (Å²) < 4.78 is 0. The Kier molecular flexibility index (Phi) is 4.89. The maximum Gasteiger partial charge on any atom is 0.225 e. The molecule has 3 aliphatic carbocycles. The number of hydrogen-bond donors (Lipinski definition) is 1. The molecule has 0 radical (unpaired) electrons. The summed E-state index contributed by atoms with van der Waals surface area (Å²) in [6, 6.07) is 12.3. The Hall–Kier alpha value is -3.28. The Bertz CT molecular complexity index is 1160. The van der Waals surface area contributed by atoms with Gasteiger partial charge in [-0.25, -0.2) is 9.97 Å². The van der Waals surface area contributed by atoms with Gasteiger partial charge in [-0.05, 0) is 66.2 Å². The van der Waals surface area contributed by atoms with Gasteiger partial charge in [-0.1, -0.05) is 24.3 Å². The summed E-state index contributed by atoms with van der Waals surface area (Å²) in [6.07, 6.45) is 9.50. The van der Waals surface area contributed by atoms with Crippen LogP contribution >= 0.6 is 0 Å². The van der Waals surface area contributed by atoms with Gasteiger partial charge in [0.05, 0.1) is 5.69 Å². The highest BCUT2D eigenvalue weighted by Crippen LogP contribution is 2.69. The van der Waals surface area contributed by atoms with Crippen molar-refractivity contribution in [3.05, 3.63) is 60.6 Å². The monoisotopic (exact) mass is 439 g/mol. The van der Waals surface area contributed by atoms with Crippen LogP contribution in [0.15, 0.2) is 55.0 Å². The lowest BCUT2D eigenvalue weighted by atomic mass is 10.0. The lowest BCUT2D eigenvalue weighted by molar-refractivity contribution is -0.123. The van der Waals surface area contributed by atoms with Crippen LogP contribution in [0.1, 0.15) is 24.8 Å². The molecule has 168 valence electrons. The second-order valence-corrected chi connectivity index (χ2v) is 9.99. The van der Waals surface area contributed by atoms with Gasteiger partial charge < -0.3 is 10.2 Å². The third kappa shape index (κ3) is 3.58. The van der Waals surface area contributed by atoms with E-state index in [4.69, 9.17) is 4.98 Å². The van der Waals surface area contributed by atoms with Gasteiger partial charge in [-0.15, -0.1) is 0 Å². The highest BCUT2D eigenvalue weighted by Gasteiger charge is 2.67. The van der Waals surface area contributed by atoms with E-state index in [1.54, 1.807) is 12.4 Å². The molecule has 6 nitrogen and oxygen atoms in total. The van der Waals surface area contributed by atoms with Crippen molar-refractivity contribution in [2.24, 2.45) is 29.6 Å². The van der Waals surface area contributed by atoms with Gasteiger partial charge in [0.2, 0.25) is 11.9 Å². The van der Waals surface area contributed by atoms with Gasteiger partial charge in [0, 0.05) is 56.3 Å². The Morgan fingerprint density at radius 3 is 2.36 bits per heavy atom. The number of anilines is 1. The summed E-state index contributed by atoms with van der Waals surface area (Å²) in [4.78, 5) is 28.1. The van der Waals surface area contributed by atoms with Crippen LogP contribution < -0.4 is 10.2 Å². The molecule has 1 amide bonds. The molecule has 6 rings (SSSR count). The van der Waals surface area contributed by atoms with Crippen LogP contribution in [0.4, 0.5) is 5.95 Å². The zero-order chi connectivity index (χ0) is 22.5. The molecular weight excluding hydrogens is 410 g/mol. The second kappa shape index (κ2) is 7.94. The second-order valence-electron chi connectivity index (χ2n) is 9.99. The molecule has 33 heavy (non-hydrogen) atoms. The summed E-state index contributed by atoms with van der Waals surface area (Å²) in [7, 11) is 3.88. The van der Waals surface area contributed by atoms with E-state index in [1.807, 2.05) is 37.3 Å². The molecule has 1 unspecified atom stereocenters. The van der Waals surface area contributed by atoms with Gasteiger partial charge >= 0.3 is 0 Å². The summed E-state index contributed by atoms with van der Waals surface area (Å²) in [5, 5.41) is 3.20. The zero-order valence-electron chi connectivity index (χ0n) is 19.1. The van der Waals surface area contributed by atoms with Crippen molar-refractivity contribution < 1.29 is 4.79 Å². The highest BCUT2D eigenvalue weighted by molar-refractivity contribution is 5.83. The van der Waals surface area contributed by atoms with Crippen molar-refractivity contribution in [3.8, 4) is 22.4 Å². The topological polar surface area (TPSA) is 71.0 Å². The molecule has 0 saturated heterocycles. The molecule has 6 heteroatoms. The van der Waals surface area contributed by atoms with Crippen molar-refractivity contribution in [3.63, 3.8) is 0 Å². The van der Waals surface area contributed by atoms with Crippen molar-refractivity contribution in [2.45, 2.75) is 25.8 Å². The Morgan fingerprint density at radius 1 is 1.00 bits per heavy atom. The van der Waals surface area contributed by atoms with E-state index in [2.05, 4.69) is 39.6 Å². The largest absolute Gasteiger partial charge is 0.352 e. The van der Waals surface area contributed by atoms with Crippen molar-refractivity contribution >= 4 is 11.9 Å². The fraction of sp³-hybridized carbons (Fsp3) is 0.407.